The number of hydrogen-bond acceptors (Lipinski definition) is 4. The van der Waals surface area contributed by atoms with Crippen molar-refractivity contribution in [2.75, 3.05) is 30.8 Å². The molecule has 0 saturated carbocycles. The quantitative estimate of drug-likeness (QED) is 0.846. The molecule has 2 rings (SSSR count). The van der Waals surface area contributed by atoms with E-state index < -0.39 is 10.0 Å². The van der Waals surface area contributed by atoms with Gasteiger partial charge in [0.15, 0.2) is 0 Å². The monoisotopic (exact) mass is 285 g/mol. The van der Waals surface area contributed by atoms with Crippen LogP contribution < -0.4 is 13.8 Å². The summed E-state index contributed by atoms with van der Waals surface area (Å²) in [7, 11) is -0.119. The molecule has 1 aliphatic rings. The van der Waals surface area contributed by atoms with Gasteiger partial charge < -0.3 is 9.47 Å². The molecule has 0 aliphatic carbocycles. The zero-order valence-electron chi connectivity index (χ0n) is 11.5. The Morgan fingerprint density at radius 2 is 2.00 bits per heavy atom. The van der Waals surface area contributed by atoms with Gasteiger partial charge in [-0.1, -0.05) is 0 Å². The lowest BCUT2D eigenvalue weighted by Gasteiger charge is -2.31. The fourth-order valence-corrected chi connectivity index (χ4v) is 3.53. The SMILES string of the molecule is CCS(=O)(=O)N1CCCc2c(OC)cc(OC)cc21. The highest BCUT2D eigenvalue weighted by Crippen LogP contribution is 2.39. The molecule has 0 amide bonds. The third-order valence-corrected chi connectivity index (χ3v) is 5.15. The molecule has 0 spiro atoms. The molecular formula is C13H19NO4S. The first-order valence-corrected chi connectivity index (χ1v) is 7.89. The Bertz CT molecular complexity index is 568. The Morgan fingerprint density at radius 3 is 2.58 bits per heavy atom. The number of benzene rings is 1. The topological polar surface area (TPSA) is 55.8 Å². The summed E-state index contributed by atoms with van der Waals surface area (Å²) >= 11 is 0. The standard InChI is InChI=1S/C13H19NO4S/c1-4-19(15,16)14-7-5-6-11-12(14)8-10(17-2)9-13(11)18-3/h8-9H,4-7H2,1-3H3. The molecule has 5 nitrogen and oxygen atoms in total. The molecule has 0 unspecified atom stereocenters. The van der Waals surface area contributed by atoms with Crippen LogP contribution in [-0.2, 0) is 16.4 Å². The fraction of sp³-hybridized carbons (Fsp3) is 0.538. The molecule has 1 heterocycles. The second-order valence-electron chi connectivity index (χ2n) is 4.40. The molecule has 1 aliphatic heterocycles. The molecule has 0 atom stereocenters. The molecule has 0 aromatic heterocycles. The van der Waals surface area contributed by atoms with E-state index in [9.17, 15) is 8.42 Å². The van der Waals surface area contributed by atoms with E-state index in [1.807, 2.05) is 0 Å². The largest absolute Gasteiger partial charge is 0.497 e. The lowest BCUT2D eigenvalue weighted by Crippen LogP contribution is -2.36. The normalized spacial score (nSPS) is 15.0. The Morgan fingerprint density at radius 1 is 1.26 bits per heavy atom. The van der Waals surface area contributed by atoms with E-state index in [1.54, 1.807) is 33.3 Å². The molecule has 1 aromatic carbocycles. The van der Waals surface area contributed by atoms with Crippen molar-refractivity contribution >= 4 is 15.7 Å². The molecule has 6 heteroatoms. The average molecular weight is 285 g/mol. The minimum Gasteiger partial charge on any atom is -0.497 e. The van der Waals surface area contributed by atoms with Crippen LogP contribution in [0.25, 0.3) is 0 Å². The number of rotatable bonds is 4. The molecular weight excluding hydrogens is 266 g/mol. The summed E-state index contributed by atoms with van der Waals surface area (Å²) in [6, 6.07) is 3.56. The maximum absolute atomic E-state index is 12.2. The van der Waals surface area contributed by atoms with Crippen LogP contribution in [0.15, 0.2) is 12.1 Å². The molecule has 0 radical (unpaired) electrons. The van der Waals surface area contributed by atoms with Crippen LogP contribution in [0.3, 0.4) is 0 Å². The van der Waals surface area contributed by atoms with Gasteiger partial charge in [-0.2, -0.15) is 0 Å². The molecule has 0 saturated heterocycles. The van der Waals surface area contributed by atoms with Crippen molar-refractivity contribution < 1.29 is 17.9 Å². The zero-order chi connectivity index (χ0) is 14.0. The van der Waals surface area contributed by atoms with Crippen molar-refractivity contribution in [2.45, 2.75) is 19.8 Å². The summed E-state index contributed by atoms with van der Waals surface area (Å²) in [6.07, 6.45) is 1.62. The number of methoxy groups -OCH3 is 2. The third-order valence-electron chi connectivity index (χ3n) is 3.37. The molecule has 0 N–H and O–H groups in total. The minimum absolute atomic E-state index is 0.0893. The van der Waals surface area contributed by atoms with Crippen molar-refractivity contribution in [3.8, 4) is 11.5 Å². The molecule has 106 valence electrons. The number of hydrogen-bond donors (Lipinski definition) is 0. The maximum Gasteiger partial charge on any atom is 0.234 e. The second kappa shape index (κ2) is 5.28. The first-order chi connectivity index (χ1) is 9.03. The smallest absolute Gasteiger partial charge is 0.234 e. The first kappa shape index (κ1) is 14.0. The number of anilines is 1. The van der Waals surface area contributed by atoms with E-state index >= 15 is 0 Å². The average Bonchev–Trinajstić information content (AvgIpc) is 2.45. The molecule has 0 fully saturated rings. The maximum atomic E-state index is 12.2. The number of ether oxygens (including phenoxy) is 2. The van der Waals surface area contributed by atoms with E-state index in [0.717, 1.165) is 18.4 Å². The number of nitrogens with zero attached hydrogens (tertiary/aromatic N) is 1. The van der Waals surface area contributed by atoms with Crippen LogP contribution in [0.4, 0.5) is 5.69 Å². The van der Waals surface area contributed by atoms with Gasteiger partial charge in [-0.25, -0.2) is 8.42 Å². The van der Waals surface area contributed by atoms with Gasteiger partial charge in [0.2, 0.25) is 10.0 Å². The van der Waals surface area contributed by atoms with Gasteiger partial charge in [-0.3, -0.25) is 4.31 Å². The van der Waals surface area contributed by atoms with Gasteiger partial charge in [0.05, 0.1) is 25.7 Å². The lowest BCUT2D eigenvalue weighted by atomic mass is 10.0. The van der Waals surface area contributed by atoms with Crippen LogP contribution in [0.1, 0.15) is 18.9 Å². The summed E-state index contributed by atoms with van der Waals surface area (Å²) in [5, 5.41) is 0. The van der Waals surface area contributed by atoms with Crippen LogP contribution in [0, 0.1) is 0 Å². The Kier molecular flexibility index (Phi) is 3.89. The second-order valence-corrected chi connectivity index (χ2v) is 6.59. The van der Waals surface area contributed by atoms with Crippen molar-refractivity contribution in [3.05, 3.63) is 17.7 Å². The van der Waals surface area contributed by atoms with Crippen LogP contribution in [0.2, 0.25) is 0 Å². The van der Waals surface area contributed by atoms with Crippen molar-refractivity contribution in [2.24, 2.45) is 0 Å². The highest BCUT2D eigenvalue weighted by Gasteiger charge is 2.28. The van der Waals surface area contributed by atoms with Crippen molar-refractivity contribution in [1.29, 1.82) is 0 Å². The Hall–Kier alpha value is -1.43. The van der Waals surface area contributed by atoms with Crippen molar-refractivity contribution in [1.82, 2.24) is 0 Å². The van der Waals surface area contributed by atoms with Gasteiger partial charge in [-0.15, -0.1) is 0 Å². The van der Waals surface area contributed by atoms with Gasteiger partial charge in [0.1, 0.15) is 11.5 Å². The highest BCUT2D eigenvalue weighted by atomic mass is 32.2. The van der Waals surface area contributed by atoms with Gasteiger partial charge >= 0.3 is 0 Å². The van der Waals surface area contributed by atoms with Gasteiger partial charge in [0.25, 0.3) is 0 Å². The zero-order valence-corrected chi connectivity index (χ0v) is 12.3. The molecule has 0 bridgehead atoms. The summed E-state index contributed by atoms with van der Waals surface area (Å²) in [6.45, 7) is 2.17. The van der Waals surface area contributed by atoms with Crippen LogP contribution >= 0.6 is 0 Å². The fourth-order valence-electron chi connectivity index (χ4n) is 2.34. The minimum atomic E-state index is -3.26. The van der Waals surface area contributed by atoms with Crippen LogP contribution in [-0.4, -0.2) is 34.9 Å². The van der Waals surface area contributed by atoms with E-state index in [2.05, 4.69) is 0 Å². The summed E-state index contributed by atoms with van der Waals surface area (Å²) in [4.78, 5) is 0. The molecule has 19 heavy (non-hydrogen) atoms. The van der Waals surface area contributed by atoms with Crippen LogP contribution in [0.5, 0.6) is 11.5 Å². The van der Waals surface area contributed by atoms with Gasteiger partial charge in [0, 0.05) is 24.2 Å². The van der Waals surface area contributed by atoms with E-state index in [-0.39, 0.29) is 5.75 Å². The molecule has 1 aromatic rings. The van der Waals surface area contributed by atoms with Gasteiger partial charge in [-0.05, 0) is 19.8 Å². The predicted molar refractivity (Wildman–Crippen MR) is 74.7 cm³/mol. The van der Waals surface area contributed by atoms with Crippen molar-refractivity contribution in [3.63, 3.8) is 0 Å². The van der Waals surface area contributed by atoms with E-state index in [0.29, 0.717) is 23.7 Å². The number of fused-ring (bicyclic) bond motifs is 1. The third kappa shape index (κ3) is 2.49. The lowest BCUT2D eigenvalue weighted by molar-refractivity contribution is 0.390. The summed E-state index contributed by atoms with van der Waals surface area (Å²) in [5.41, 5.74) is 1.62. The predicted octanol–water partition coefficient (Wildman–Crippen LogP) is 1.81. The van der Waals surface area contributed by atoms with E-state index in [1.165, 1.54) is 4.31 Å². The highest BCUT2D eigenvalue weighted by molar-refractivity contribution is 7.92. The van der Waals surface area contributed by atoms with E-state index in [4.69, 9.17) is 9.47 Å². The Labute approximate surface area is 114 Å². The number of sulfonamides is 1. The first-order valence-electron chi connectivity index (χ1n) is 6.28. The Balaban J connectivity index is 2.60. The summed E-state index contributed by atoms with van der Waals surface area (Å²) in [5.74, 6) is 1.38. The summed E-state index contributed by atoms with van der Waals surface area (Å²) < 4.78 is 36.4.